The Balaban J connectivity index is 0.00000338. The highest BCUT2D eigenvalue weighted by Crippen LogP contribution is 1.95. The maximum atomic E-state index is 11.6. The van der Waals surface area contributed by atoms with Crippen LogP contribution in [0.5, 0.6) is 0 Å². The predicted octanol–water partition coefficient (Wildman–Crippen LogP) is 2.44. The SMILES string of the molecule is CCNC(=NCCCCn1ccccc1=O)NCCc1ccccn1.I. The van der Waals surface area contributed by atoms with Crippen molar-refractivity contribution in [3.8, 4) is 0 Å². The number of pyridine rings is 2. The quantitative estimate of drug-likeness (QED) is 0.256. The molecule has 26 heavy (non-hydrogen) atoms. The molecule has 0 atom stereocenters. The van der Waals surface area contributed by atoms with E-state index in [-0.39, 0.29) is 29.5 Å². The highest BCUT2D eigenvalue weighted by Gasteiger charge is 1.99. The molecule has 142 valence electrons. The van der Waals surface area contributed by atoms with Crippen molar-refractivity contribution in [2.45, 2.75) is 32.7 Å². The Morgan fingerprint density at radius 2 is 2.00 bits per heavy atom. The molecule has 0 fully saturated rings. The molecule has 0 aliphatic rings. The lowest BCUT2D eigenvalue weighted by atomic mass is 10.3. The van der Waals surface area contributed by atoms with E-state index in [0.29, 0.717) is 0 Å². The normalized spacial score (nSPS) is 10.9. The molecule has 0 saturated carbocycles. The van der Waals surface area contributed by atoms with Crippen LogP contribution in [-0.2, 0) is 13.0 Å². The summed E-state index contributed by atoms with van der Waals surface area (Å²) >= 11 is 0. The third-order valence-corrected chi connectivity index (χ3v) is 3.72. The number of nitrogens with one attached hydrogen (secondary N) is 2. The lowest BCUT2D eigenvalue weighted by Gasteiger charge is -2.11. The van der Waals surface area contributed by atoms with Gasteiger partial charge in [-0.2, -0.15) is 0 Å². The van der Waals surface area contributed by atoms with Crippen molar-refractivity contribution < 1.29 is 0 Å². The maximum Gasteiger partial charge on any atom is 0.250 e. The number of guanidine groups is 1. The summed E-state index contributed by atoms with van der Waals surface area (Å²) in [6, 6.07) is 11.2. The maximum absolute atomic E-state index is 11.6. The summed E-state index contributed by atoms with van der Waals surface area (Å²) in [5, 5.41) is 6.58. The zero-order chi connectivity index (χ0) is 17.7. The Labute approximate surface area is 172 Å². The van der Waals surface area contributed by atoms with Gasteiger partial charge in [-0.05, 0) is 38.0 Å². The summed E-state index contributed by atoms with van der Waals surface area (Å²) in [6.45, 7) is 5.15. The van der Waals surface area contributed by atoms with Gasteiger partial charge in [0, 0.05) is 56.8 Å². The number of aromatic nitrogens is 2. The van der Waals surface area contributed by atoms with Gasteiger partial charge >= 0.3 is 0 Å². The molecule has 0 aliphatic heterocycles. The van der Waals surface area contributed by atoms with E-state index in [2.05, 4.69) is 27.5 Å². The molecule has 2 rings (SSSR count). The molecule has 2 N–H and O–H groups in total. The van der Waals surface area contributed by atoms with Crippen LogP contribution < -0.4 is 16.2 Å². The van der Waals surface area contributed by atoms with Gasteiger partial charge in [-0.25, -0.2) is 0 Å². The van der Waals surface area contributed by atoms with Gasteiger partial charge in [0.15, 0.2) is 5.96 Å². The second-order valence-electron chi connectivity index (χ2n) is 5.70. The van der Waals surface area contributed by atoms with E-state index in [4.69, 9.17) is 0 Å². The average molecular weight is 469 g/mol. The highest BCUT2D eigenvalue weighted by atomic mass is 127. The average Bonchev–Trinajstić information content (AvgIpc) is 2.64. The number of aliphatic imine (C=N–C) groups is 1. The molecule has 0 spiro atoms. The fraction of sp³-hybridized carbons (Fsp3) is 0.421. The molecule has 0 amide bonds. The fourth-order valence-corrected chi connectivity index (χ4v) is 2.43. The van der Waals surface area contributed by atoms with Crippen LogP contribution in [0.3, 0.4) is 0 Å². The summed E-state index contributed by atoms with van der Waals surface area (Å²) in [7, 11) is 0. The molecule has 0 bridgehead atoms. The van der Waals surface area contributed by atoms with Gasteiger partial charge in [-0.3, -0.25) is 14.8 Å². The second-order valence-corrected chi connectivity index (χ2v) is 5.70. The molecule has 0 radical (unpaired) electrons. The van der Waals surface area contributed by atoms with Gasteiger partial charge < -0.3 is 15.2 Å². The highest BCUT2D eigenvalue weighted by molar-refractivity contribution is 14.0. The first-order valence-corrected chi connectivity index (χ1v) is 8.87. The molecule has 0 unspecified atom stereocenters. The van der Waals surface area contributed by atoms with Crippen LogP contribution >= 0.6 is 24.0 Å². The van der Waals surface area contributed by atoms with Gasteiger partial charge in [0.1, 0.15) is 0 Å². The zero-order valence-corrected chi connectivity index (χ0v) is 17.6. The molecule has 2 heterocycles. The molecule has 0 saturated heterocycles. The van der Waals surface area contributed by atoms with E-state index in [1.165, 1.54) is 0 Å². The lowest BCUT2D eigenvalue weighted by molar-refractivity contribution is 0.597. The summed E-state index contributed by atoms with van der Waals surface area (Å²) < 4.78 is 1.74. The summed E-state index contributed by atoms with van der Waals surface area (Å²) in [6.07, 6.45) is 6.38. The lowest BCUT2D eigenvalue weighted by Crippen LogP contribution is -2.38. The van der Waals surface area contributed by atoms with Crippen LogP contribution in [0.15, 0.2) is 58.6 Å². The van der Waals surface area contributed by atoms with Crippen LogP contribution in [0.4, 0.5) is 0 Å². The largest absolute Gasteiger partial charge is 0.357 e. The van der Waals surface area contributed by atoms with Crippen molar-refractivity contribution in [1.82, 2.24) is 20.2 Å². The monoisotopic (exact) mass is 469 g/mol. The number of nitrogens with zero attached hydrogens (tertiary/aromatic N) is 3. The first kappa shape index (κ1) is 22.1. The number of halogens is 1. The van der Waals surface area contributed by atoms with E-state index in [1.807, 2.05) is 36.7 Å². The summed E-state index contributed by atoms with van der Waals surface area (Å²) in [5.74, 6) is 0.829. The third-order valence-electron chi connectivity index (χ3n) is 3.72. The van der Waals surface area contributed by atoms with Crippen molar-refractivity contribution in [1.29, 1.82) is 0 Å². The number of rotatable bonds is 9. The Morgan fingerprint density at radius 1 is 1.15 bits per heavy atom. The van der Waals surface area contributed by atoms with E-state index in [9.17, 15) is 4.79 Å². The van der Waals surface area contributed by atoms with Crippen LogP contribution in [-0.4, -0.2) is 35.1 Å². The standard InChI is InChI=1S/C19H27N5O.HI/c1-2-20-19(23-14-11-17-9-3-5-12-21-17)22-13-6-8-16-24-15-7-4-10-18(24)25;/h3-5,7,9-10,12,15H,2,6,8,11,13-14,16H2,1H3,(H2,20,22,23);1H. The zero-order valence-electron chi connectivity index (χ0n) is 15.2. The summed E-state index contributed by atoms with van der Waals surface area (Å²) in [5.41, 5.74) is 1.12. The number of hydrogen-bond acceptors (Lipinski definition) is 3. The van der Waals surface area contributed by atoms with Crippen LogP contribution in [0.1, 0.15) is 25.5 Å². The molecule has 6 nitrogen and oxygen atoms in total. The van der Waals surface area contributed by atoms with Crippen LogP contribution in [0.25, 0.3) is 0 Å². The van der Waals surface area contributed by atoms with E-state index < -0.39 is 0 Å². The molecular formula is C19H28IN5O. The molecular weight excluding hydrogens is 441 g/mol. The minimum atomic E-state index is 0. The van der Waals surface area contributed by atoms with Gasteiger partial charge in [0.05, 0.1) is 0 Å². The number of unbranched alkanes of at least 4 members (excludes halogenated alkanes) is 1. The molecule has 2 aromatic heterocycles. The Bertz CT molecular complexity index is 702. The molecule has 0 aliphatic carbocycles. The minimum Gasteiger partial charge on any atom is -0.357 e. The van der Waals surface area contributed by atoms with Gasteiger partial charge in [0.25, 0.3) is 0 Å². The first-order valence-electron chi connectivity index (χ1n) is 8.87. The van der Waals surface area contributed by atoms with Gasteiger partial charge in [-0.1, -0.05) is 12.1 Å². The second kappa shape index (κ2) is 13.3. The minimum absolute atomic E-state index is 0. The topological polar surface area (TPSA) is 71.3 Å². The van der Waals surface area contributed by atoms with Crippen molar-refractivity contribution in [2.75, 3.05) is 19.6 Å². The van der Waals surface area contributed by atoms with Gasteiger partial charge in [-0.15, -0.1) is 24.0 Å². The number of hydrogen-bond donors (Lipinski definition) is 2. The van der Waals surface area contributed by atoms with E-state index in [0.717, 1.165) is 57.1 Å². The third kappa shape index (κ3) is 8.46. The smallest absolute Gasteiger partial charge is 0.250 e. The van der Waals surface area contributed by atoms with E-state index >= 15 is 0 Å². The first-order chi connectivity index (χ1) is 12.3. The van der Waals surface area contributed by atoms with Crippen LogP contribution in [0, 0.1) is 0 Å². The van der Waals surface area contributed by atoms with Crippen molar-refractivity contribution in [2.24, 2.45) is 4.99 Å². The van der Waals surface area contributed by atoms with Crippen molar-refractivity contribution >= 4 is 29.9 Å². The molecule has 7 heteroatoms. The Morgan fingerprint density at radius 3 is 2.73 bits per heavy atom. The Hall–Kier alpha value is -1.90. The van der Waals surface area contributed by atoms with Crippen molar-refractivity contribution in [3.05, 3.63) is 64.8 Å². The fourth-order valence-electron chi connectivity index (χ4n) is 2.43. The predicted molar refractivity (Wildman–Crippen MR) is 117 cm³/mol. The molecule has 2 aromatic rings. The van der Waals surface area contributed by atoms with Crippen molar-refractivity contribution in [3.63, 3.8) is 0 Å². The Kier molecular flexibility index (Phi) is 11.3. The molecule has 0 aromatic carbocycles. The summed E-state index contributed by atoms with van der Waals surface area (Å²) in [4.78, 5) is 20.5. The van der Waals surface area contributed by atoms with E-state index in [1.54, 1.807) is 16.7 Å². The van der Waals surface area contributed by atoms with Crippen LogP contribution in [0.2, 0.25) is 0 Å². The van der Waals surface area contributed by atoms with Gasteiger partial charge in [0.2, 0.25) is 5.56 Å². The number of aryl methyl sites for hydroxylation is 1.